The quantitative estimate of drug-likeness (QED) is 0.675. The van der Waals surface area contributed by atoms with Crippen LogP contribution in [0.4, 0.5) is 4.79 Å². The van der Waals surface area contributed by atoms with Crippen molar-refractivity contribution >= 4 is 22.0 Å². The Hall–Kier alpha value is -0.510. The van der Waals surface area contributed by atoms with Crippen LogP contribution >= 0.6 is 15.9 Å². The normalized spacial score (nSPS) is 36.6. The molecule has 0 aromatic rings. The molecule has 0 fully saturated rings. The van der Waals surface area contributed by atoms with Crippen LogP contribution in [0.25, 0.3) is 0 Å². The van der Waals surface area contributed by atoms with Crippen molar-refractivity contribution in [3.8, 4) is 0 Å². The van der Waals surface area contributed by atoms with Crippen LogP contribution in [0.1, 0.15) is 43.1 Å². The summed E-state index contributed by atoms with van der Waals surface area (Å²) in [6.45, 7) is 1.54. The van der Waals surface area contributed by atoms with E-state index in [9.17, 15) is 4.79 Å². The van der Waals surface area contributed by atoms with Gasteiger partial charge in [0.1, 0.15) is 5.60 Å². The van der Waals surface area contributed by atoms with Crippen molar-refractivity contribution in [3.05, 3.63) is 10.7 Å². The molecule has 0 spiro atoms. The van der Waals surface area contributed by atoms with Gasteiger partial charge in [0.15, 0.2) is 0 Å². The summed E-state index contributed by atoms with van der Waals surface area (Å²) in [5.41, 5.74) is -0.969. The molecule has 0 N–H and O–H groups in total. The first-order valence-corrected chi connectivity index (χ1v) is 4.77. The lowest BCUT2D eigenvalue weighted by atomic mass is 10.2. The van der Waals surface area contributed by atoms with E-state index in [1.54, 1.807) is 20.8 Å². The van der Waals surface area contributed by atoms with Crippen LogP contribution in [-0.4, -0.2) is 23.1 Å². The average molecular weight is 269 g/mol. The monoisotopic (exact) mass is 268 g/mol. The Morgan fingerprint density at radius 1 is 1.79 bits per heavy atom. The number of hydrogen-bond donors (Lipinski definition) is 0. The van der Waals surface area contributed by atoms with Crippen LogP contribution in [0.2, 0.25) is 0 Å². The number of amides is 1. The number of halogens is 1. The summed E-state index contributed by atoms with van der Waals surface area (Å²) >= 11 is 2.75. The minimum Gasteiger partial charge on any atom is -0.443 e. The molecule has 0 radical (unpaired) electrons. The molecule has 80 valence electrons. The molecule has 0 bridgehead atoms. The van der Waals surface area contributed by atoms with Gasteiger partial charge in [0, 0.05) is 25.4 Å². The van der Waals surface area contributed by atoms with Gasteiger partial charge in [-0.2, -0.15) is 0 Å². The molecule has 1 heterocycles. The fourth-order valence-electron chi connectivity index (χ4n) is 0.692. The molecule has 1 rings (SSSR count). The Balaban J connectivity index is 3.45. The summed E-state index contributed by atoms with van der Waals surface area (Å²) < 4.78 is 58.6. The Morgan fingerprint density at radius 2 is 2.43 bits per heavy atom. The summed E-state index contributed by atoms with van der Waals surface area (Å²) in [7, 11) is 0. The lowest BCUT2D eigenvalue weighted by molar-refractivity contribution is 0.0326. The molecule has 4 heteroatoms. The van der Waals surface area contributed by atoms with Crippen LogP contribution in [-0.2, 0) is 4.74 Å². The Bertz CT molecular complexity index is 498. The highest BCUT2D eigenvalue weighted by Gasteiger charge is 2.22. The molecular formula is C10H16BrNO2. The summed E-state index contributed by atoms with van der Waals surface area (Å²) in [5.74, 6) is 0. The number of hydrogen-bond acceptors (Lipinski definition) is 2. The summed E-state index contributed by atoms with van der Waals surface area (Å²) in [6, 6.07) is 0. The maximum Gasteiger partial charge on any atom is 0.414 e. The van der Waals surface area contributed by atoms with E-state index < -0.39 is 41.6 Å². The standard InChI is InChI=1S/C10H16BrNO2/c1-10(2,3)14-9(13)12-6-4-5-8(11)7-12/h7H,4-6H2,1-3H3/i4D2,5D2,6D2,7D. The summed E-state index contributed by atoms with van der Waals surface area (Å²) in [4.78, 5) is 12.3. The fraction of sp³-hybridized carbons (Fsp3) is 0.700. The van der Waals surface area contributed by atoms with Crippen LogP contribution in [0.15, 0.2) is 10.7 Å². The van der Waals surface area contributed by atoms with Gasteiger partial charge in [-0.25, -0.2) is 4.79 Å². The van der Waals surface area contributed by atoms with Crippen LogP contribution < -0.4 is 0 Å². The smallest absolute Gasteiger partial charge is 0.414 e. The number of allylic oxidation sites excluding steroid dienone is 1. The Labute approximate surface area is 103 Å². The van der Waals surface area contributed by atoms with Gasteiger partial charge in [-0.3, -0.25) is 4.90 Å². The molecule has 0 saturated heterocycles. The second kappa shape index (κ2) is 4.34. The largest absolute Gasteiger partial charge is 0.443 e. The highest BCUT2D eigenvalue weighted by Crippen LogP contribution is 2.21. The first-order valence-electron chi connectivity index (χ1n) is 7.47. The summed E-state index contributed by atoms with van der Waals surface area (Å²) in [6.07, 6.45) is -7.95. The average Bonchev–Trinajstić information content (AvgIpc) is 2.22. The topological polar surface area (TPSA) is 29.5 Å². The third-order valence-corrected chi connectivity index (χ3v) is 1.50. The van der Waals surface area contributed by atoms with Crippen molar-refractivity contribution in [1.29, 1.82) is 0 Å². The van der Waals surface area contributed by atoms with Crippen molar-refractivity contribution in [3.63, 3.8) is 0 Å². The predicted molar refractivity (Wildman–Crippen MR) is 59.2 cm³/mol. The lowest BCUT2D eigenvalue weighted by Crippen LogP contribution is -2.35. The maximum absolute atomic E-state index is 12.1. The Morgan fingerprint density at radius 3 is 3.00 bits per heavy atom. The lowest BCUT2D eigenvalue weighted by Gasteiger charge is -2.27. The zero-order chi connectivity index (χ0) is 17.0. The molecule has 3 nitrogen and oxygen atoms in total. The van der Waals surface area contributed by atoms with Gasteiger partial charge in [0.2, 0.25) is 0 Å². The van der Waals surface area contributed by atoms with Gasteiger partial charge in [-0.1, -0.05) is 15.9 Å². The van der Waals surface area contributed by atoms with E-state index >= 15 is 0 Å². The molecule has 1 amide bonds. The first kappa shape index (κ1) is 5.01. The van der Waals surface area contributed by atoms with E-state index in [2.05, 4.69) is 15.9 Å². The second-order valence-corrected chi connectivity index (χ2v) is 4.40. The number of ether oxygens (including phenoxy) is 1. The van der Waals surface area contributed by atoms with Crippen molar-refractivity contribution in [2.45, 2.75) is 39.1 Å². The second-order valence-electron chi connectivity index (χ2n) is 3.60. The summed E-state index contributed by atoms with van der Waals surface area (Å²) in [5, 5.41) is 0. The minimum absolute atomic E-state index is 0.184. The van der Waals surface area contributed by atoms with E-state index in [0.29, 0.717) is 0 Å². The van der Waals surface area contributed by atoms with Gasteiger partial charge in [-0.05, 0) is 33.5 Å². The van der Waals surface area contributed by atoms with Crippen molar-refractivity contribution in [2.24, 2.45) is 0 Å². The van der Waals surface area contributed by atoms with Gasteiger partial charge in [0.25, 0.3) is 0 Å². The Kier molecular flexibility index (Phi) is 1.55. The van der Waals surface area contributed by atoms with Gasteiger partial charge in [-0.15, -0.1) is 0 Å². The molecule has 0 aliphatic carbocycles. The molecular weight excluding hydrogens is 246 g/mol. The molecule has 0 aromatic heterocycles. The van der Waals surface area contributed by atoms with E-state index in [0.717, 1.165) is 0 Å². The van der Waals surface area contributed by atoms with Crippen molar-refractivity contribution in [2.75, 3.05) is 6.50 Å². The van der Waals surface area contributed by atoms with Gasteiger partial charge >= 0.3 is 6.09 Å². The molecule has 0 atom stereocenters. The molecule has 14 heavy (non-hydrogen) atoms. The van der Waals surface area contributed by atoms with E-state index in [1.165, 1.54) is 0 Å². The van der Waals surface area contributed by atoms with Gasteiger partial charge < -0.3 is 4.74 Å². The van der Waals surface area contributed by atoms with Crippen LogP contribution in [0, 0.1) is 0 Å². The van der Waals surface area contributed by atoms with Crippen molar-refractivity contribution in [1.82, 2.24) is 4.90 Å². The maximum atomic E-state index is 12.1. The molecule has 1 aliphatic heterocycles. The van der Waals surface area contributed by atoms with Crippen molar-refractivity contribution < 1.29 is 19.1 Å². The number of carbonyl (C=O) groups is 1. The zero-order valence-electron chi connectivity index (χ0n) is 15.1. The number of carbonyl (C=O) groups excluding carboxylic acids is 1. The highest BCUT2D eigenvalue weighted by molar-refractivity contribution is 9.11. The highest BCUT2D eigenvalue weighted by atomic mass is 79.9. The fourth-order valence-corrected chi connectivity index (χ4v) is 0.968. The third kappa shape index (κ3) is 3.70. The van der Waals surface area contributed by atoms with E-state index in [1.807, 2.05) is 0 Å². The number of rotatable bonds is 0. The van der Waals surface area contributed by atoms with Gasteiger partial charge in [0.05, 0.1) is 1.37 Å². The molecule has 1 aliphatic rings. The minimum atomic E-state index is -3.09. The molecule has 0 aromatic carbocycles. The first-order chi connectivity index (χ1) is 9.07. The van der Waals surface area contributed by atoms with Crippen LogP contribution in [0.5, 0.6) is 0 Å². The van der Waals surface area contributed by atoms with E-state index in [-0.39, 0.29) is 4.90 Å². The van der Waals surface area contributed by atoms with Crippen LogP contribution in [0.3, 0.4) is 0 Å². The third-order valence-electron chi connectivity index (χ3n) is 1.13. The SMILES string of the molecule is [2H]C1=C(Br)C([2H])([2H])C([2H])([2H])C([2H])([2H])N1C(=O)OC(C)(C)C. The predicted octanol–water partition coefficient (Wildman–Crippen LogP) is 3.25. The molecule has 0 unspecified atom stereocenters. The zero-order valence-corrected chi connectivity index (χ0v) is 9.73. The molecule has 0 saturated carbocycles. The van der Waals surface area contributed by atoms with E-state index in [4.69, 9.17) is 14.3 Å². The number of nitrogens with zero attached hydrogens (tertiary/aromatic N) is 1.